The second kappa shape index (κ2) is 5.84. The quantitative estimate of drug-likeness (QED) is 0.612. The number of hydrogen-bond acceptors (Lipinski definition) is 5. The highest BCUT2D eigenvalue weighted by atomic mass is 32.1. The van der Waals surface area contributed by atoms with Gasteiger partial charge in [0.25, 0.3) is 0 Å². The van der Waals surface area contributed by atoms with Crippen molar-refractivity contribution in [3.05, 3.63) is 18.2 Å². The molecule has 0 aliphatic carbocycles. The van der Waals surface area contributed by atoms with Gasteiger partial charge >= 0.3 is 0 Å². The van der Waals surface area contributed by atoms with Gasteiger partial charge in [0.15, 0.2) is 5.13 Å². The van der Waals surface area contributed by atoms with Gasteiger partial charge in [-0.05, 0) is 31.0 Å². The number of nitrogens with one attached hydrogen (secondary N) is 1. The molecule has 0 unspecified atom stereocenters. The molecule has 2 rings (SSSR count). The number of unbranched alkanes of at least 4 members (excludes halogenated alkanes) is 1. The minimum atomic E-state index is 0.785. The van der Waals surface area contributed by atoms with Crippen LogP contribution >= 0.6 is 11.3 Å². The number of benzene rings is 1. The number of nitrogen functional groups attached to an aromatic ring is 1. The fourth-order valence-electron chi connectivity index (χ4n) is 1.58. The number of ether oxygens (including phenoxy) is 1. The first-order valence-corrected chi connectivity index (χ1v) is 6.50. The van der Waals surface area contributed by atoms with E-state index in [1.807, 2.05) is 18.2 Å². The molecular weight excluding hydrogens is 234 g/mol. The molecule has 4 nitrogen and oxygen atoms in total. The summed E-state index contributed by atoms with van der Waals surface area (Å²) in [6.45, 7) is 1.75. The molecule has 0 amide bonds. The third-order valence-electron chi connectivity index (χ3n) is 2.46. The molecule has 0 radical (unpaired) electrons. The third kappa shape index (κ3) is 3.31. The van der Waals surface area contributed by atoms with Crippen molar-refractivity contribution in [3.63, 3.8) is 0 Å². The fourth-order valence-corrected chi connectivity index (χ4v) is 2.52. The molecule has 3 N–H and O–H groups in total. The average molecular weight is 251 g/mol. The summed E-state index contributed by atoms with van der Waals surface area (Å²) < 4.78 is 6.13. The zero-order valence-corrected chi connectivity index (χ0v) is 10.7. The summed E-state index contributed by atoms with van der Waals surface area (Å²) in [4.78, 5) is 4.49. The second-order valence-corrected chi connectivity index (χ2v) is 4.90. The van der Waals surface area contributed by atoms with Crippen LogP contribution < -0.4 is 11.1 Å². The fraction of sp³-hybridized carbons (Fsp3) is 0.417. The Morgan fingerprint density at radius 1 is 1.41 bits per heavy atom. The van der Waals surface area contributed by atoms with E-state index in [9.17, 15) is 0 Å². The van der Waals surface area contributed by atoms with Crippen molar-refractivity contribution in [1.82, 2.24) is 4.98 Å². The van der Waals surface area contributed by atoms with Crippen LogP contribution in [0.5, 0.6) is 0 Å². The van der Waals surface area contributed by atoms with Gasteiger partial charge in [-0.3, -0.25) is 0 Å². The summed E-state index contributed by atoms with van der Waals surface area (Å²) in [5.74, 6) is 0. The van der Waals surface area contributed by atoms with Crippen LogP contribution in [0.2, 0.25) is 0 Å². The van der Waals surface area contributed by atoms with E-state index in [0.717, 1.165) is 47.0 Å². The second-order valence-electron chi connectivity index (χ2n) is 3.87. The molecule has 1 aromatic carbocycles. The Hall–Kier alpha value is -1.33. The molecule has 0 bridgehead atoms. The summed E-state index contributed by atoms with van der Waals surface area (Å²) in [6.07, 6.45) is 2.16. The zero-order valence-electron chi connectivity index (χ0n) is 9.90. The molecule has 17 heavy (non-hydrogen) atoms. The Balaban J connectivity index is 1.91. The number of nitrogens with zero attached hydrogens (tertiary/aromatic N) is 1. The standard InChI is InChI=1S/C12H17N3OS/c1-16-7-3-2-6-14-12-15-10-5-4-9(13)8-11(10)17-12/h4-5,8H,2-3,6-7,13H2,1H3,(H,14,15). The number of nitrogens with two attached hydrogens (primary N) is 1. The Morgan fingerprint density at radius 3 is 3.12 bits per heavy atom. The van der Waals surface area contributed by atoms with Gasteiger partial charge in [-0.2, -0.15) is 0 Å². The number of thiazole rings is 1. The van der Waals surface area contributed by atoms with Crippen LogP contribution in [0, 0.1) is 0 Å². The molecule has 0 aliphatic heterocycles. The highest BCUT2D eigenvalue weighted by Gasteiger charge is 2.02. The predicted molar refractivity (Wildman–Crippen MR) is 73.6 cm³/mol. The lowest BCUT2D eigenvalue weighted by atomic mass is 10.3. The minimum Gasteiger partial charge on any atom is -0.399 e. The van der Waals surface area contributed by atoms with Crippen LogP contribution in [0.25, 0.3) is 10.2 Å². The molecule has 0 saturated carbocycles. The van der Waals surface area contributed by atoms with Crippen molar-refractivity contribution < 1.29 is 4.74 Å². The van der Waals surface area contributed by atoms with E-state index in [0.29, 0.717) is 0 Å². The monoisotopic (exact) mass is 251 g/mol. The van der Waals surface area contributed by atoms with Crippen molar-refractivity contribution in [2.24, 2.45) is 0 Å². The largest absolute Gasteiger partial charge is 0.399 e. The normalized spacial score (nSPS) is 10.9. The van der Waals surface area contributed by atoms with E-state index < -0.39 is 0 Å². The first-order chi connectivity index (χ1) is 8.29. The van der Waals surface area contributed by atoms with Crippen LogP contribution in [0.3, 0.4) is 0 Å². The molecule has 1 aromatic heterocycles. The first-order valence-electron chi connectivity index (χ1n) is 5.68. The molecule has 0 spiro atoms. The molecule has 2 aromatic rings. The van der Waals surface area contributed by atoms with Gasteiger partial charge in [0, 0.05) is 25.9 Å². The molecule has 0 fully saturated rings. The molecule has 92 valence electrons. The molecule has 1 heterocycles. The van der Waals surface area contributed by atoms with Gasteiger partial charge in [-0.15, -0.1) is 0 Å². The SMILES string of the molecule is COCCCCNc1nc2ccc(N)cc2s1. The van der Waals surface area contributed by atoms with E-state index in [1.54, 1.807) is 18.4 Å². The van der Waals surface area contributed by atoms with E-state index in [-0.39, 0.29) is 0 Å². The number of methoxy groups -OCH3 is 1. The van der Waals surface area contributed by atoms with Gasteiger partial charge < -0.3 is 15.8 Å². The number of anilines is 2. The number of fused-ring (bicyclic) bond motifs is 1. The van der Waals surface area contributed by atoms with Gasteiger partial charge in [-0.25, -0.2) is 4.98 Å². The summed E-state index contributed by atoms with van der Waals surface area (Å²) >= 11 is 1.64. The van der Waals surface area contributed by atoms with E-state index in [2.05, 4.69) is 10.3 Å². The lowest BCUT2D eigenvalue weighted by Crippen LogP contribution is -2.02. The van der Waals surface area contributed by atoms with Crippen molar-refractivity contribution in [2.45, 2.75) is 12.8 Å². The first kappa shape index (κ1) is 12.1. The number of rotatable bonds is 6. The highest BCUT2D eigenvalue weighted by molar-refractivity contribution is 7.22. The number of aromatic nitrogens is 1. The van der Waals surface area contributed by atoms with Crippen molar-refractivity contribution in [1.29, 1.82) is 0 Å². The van der Waals surface area contributed by atoms with Crippen LogP contribution in [0.4, 0.5) is 10.8 Å². The third-order valence-corrected chi connectivity index (χ3v) is 3.44. The Bertz CT molecular complexity index is 484. The van der Waals surface area contributed by atoms with Gasteiger partial charge in [0.05, 0.1) is 10.2 Å². The van der Waals surface area contributed by atoms with E-state index >= 15 is 0 Å². The molecule has 5 heteroatoms. The maximum Gasteiger partial charge on any atom is 0.183 e. The van der Waals surface area contributed by atoms with Gasteiger partial charge in [0.1, 0.15) is 0 Å². The minimum absolute atomic E-state index is 0.785. The molecule has 0 saturated heterocycles. The van der Waals surface area contributed by atoms with Crippen LogP contribution in [-0.2, 0) is 4.74 Å². The summed E-state index contributed by atoms with van der Waals surface area (Å²) in [5, 5.41) is 4.28. The Labute approximate surface area is 105 Å². The predicted octanol–water partition coefficient (Wildman–Crippen LogP) is 2.72. The van der Waals surface area contributed by atoms with Crippen molar-refractivity contribution in [2.75, 3.05) is 31.3 Å². The summed E-state index contributed by atoms with van der Waals surface area (Å²) in [7, 11) is 1.73. The highest BCUT2D eigenvalue weighted by Crippen LogP contribution is 2.27. The molecule has 0 aliphatic rings. The lowest BCUT2D eigenvalue weighted by molar-refractivity contribution is 0.194. The van der Waals surface area contributed by atoms with Crippen molar-refractivity contribution >= 4 is 32.4 Å². The smallest absolute Gasteiger partial charge is 0.183 e. The average Bonchev–Trinajstić information content (AvgIpc) is 2.70. The van der Waals surface area contributed by atoms with E-state index in [4.69, 9.17) is 10.5 Å². The Morgan fingerprint density at radius 2 is 2.29 bits per heavy atom. The van der Waals surface area contributed by atoms with Gasteiger partial charge in [0.2, 0.25) is 0 Å². The lowest BCUT2D eigenvalue weighted by Gasteiger charge is -2.01. The zero-order chi connectivity index (χ0) is 12.1. The van der Waals surface area contributed by atoms with Crippen molar-refractivity contribution in [3.8, 4) is 0 Å². The van der Waals surface area contributed by atoms with E-state index in [1.165, 1.54) is 0 Å². The number of hydrogen-bond donors (Lipinski definition) is 2. The molecular formula is C12H17N3OS. The van der Waals surface area contributed by atoms with Crippen LogP contribution in [0.15, 0.2) is 18.2 Å². The van der Waals surface area contributed by atoms with Crippen LogP contribution in [-0.4, -0.2) is 25.2 Å². The maximum absolute atomic E-state index is 5.73. The molecule has 0 atom stereocenters. The maximum atomic E-state index is 5.73. The Kier molecular flexibility index (Phi) is 4.17. The topological polar surface area (TPSA) is 60.2 Å². The van der Waals surface area contributed by atoms with Gasteiger partial charge in [-0.1, -0.05) is 11.3 Å². The van der Waals surface area contributed by atoms with Crippen LogP contribution in [0.1, 0.15) is 12.8 Å². The summed E-state index contributed by atoms with van der Waals surface area (Å²) in [5.41, 5.74) is 7.52. The summed E-state index contributed by atoms with van der Waals surface area (Å²) in [6, 6.07) is 5.80.